The van der Waals surface area contributed by atoms with Crippen molar-refractivity contribution in [1.29, 1.82) is 0 Å². The van der Waals surface area contributed by atoms with Gasteiger partial charge in [-0.2, -0.15) is 0 Å². The van der Waals surface area contributed by atoms with Crippen LogP contribution in [0.25, 0.3) is 0 Å². The maximum absolute atomic E-state index is 11.1. The second-order valence-electron chi connectivity index (χ2n) is 7.10. The summed E-state index contributed by atoms with van der Waals surface area (Å²) in [7, 11) is 0. The van der Waals surface area contributed by atoms with Crippen molar-refractivity contribution in [2.24, 2.45) is 16.7 Å². The van der Waals surface area contributed by atoms with Crippen molar-refractivity contribution in [3.63, 3.8) is 0 Å². The third-order valence-electron chi connectivity index (χ3n) is 6.16. The van der Waals surface area contributed by atoms with Crippen LogP contribution in [0.15, 0.2) is 36.5 Å². The number of aliphatic carboxylic acids is 1. The number of allylic oxidation sites excluding steroid dienone is 1. The van der Waals surface area contributed by atoms with Gasteiger partial charge in [-0.3, -0.25) is 0 Å². The van der Waals surface area contributed by atoms with Crippen LogP contribution in [0.3, 0.4) is 0 Å². The van der Waals surface area contributed by atoms with Gasteiger partial charge in [0.1, 0.15) is 0 Å². The molecule has 1 N–H and O–H groups in total. The lowest BCUT2D eigenvalue weighted by Gasteiger charge is -2.57. The third-order valence-corrected chi connectivity index (χ3v) is 6.16. The Balaban J connectivity index is 2.24. The van der Waals surface area contributed by atoms with Crippen LogP contribution in [0.1, 0.15) is 52.4 Å². The van der Waals surface area contributed by atoms with E-state index in [0.29, 0.717) is 11.0 Å². The van der Waals surface area contributed by atoms with Gasteiger partial charge in [0.25, 0.3) is 0 Å². The summed E-state index contributed by atoms with van der Waals surface area (Å²) < 4.78 is 0. The second kappa shape index (κ2) is 4.91. The Morgan fingerprint density at radius 3 is 2.55 bits per heavy atom. The molecule has 0 heterocycles. The normalized spacial score (nSPS) is 37.1. The molecule has 0 bridgehead atoms. The zero-order valence-electron chi connectivity index (χ0n) is 12.8. The number of carbonyl (C=O) groups is 1. The Morgan fingerprint density at radius 1 is 1.30 bits per heavy atom. The zero-order chi connectivity index (χ0) is 15.1. The minimum atomic E-state index is -0.948. The molecule has 0 aliphatic heterocycles. The topological polar surface area (TPSA) is 37.3 Å². The first kappa shape index (κ1) is 15.1. The lowest BCUT2D eigenvalue weighted by atomic mass is 9.48. The van der Waals surface area contributed by atoms with Gasteiger partial charge in [0, 0.05) is 0 Å². The van der Waals surface area contributed by atoms with E-state index in [2.05, 4.69) is 33.6 Å². The highest BCUT2D eigenvalue weighted by molar-refractivity contribution is 5.90. The molecule has 20 heavy (non-hydrogen) atoms. The van der Waals surface area contributed by atoms with E-state index in [1.807, 2.05) is 0 Å². The monoisotopic (exact) mass is 274 g/mol. The average Bonchev–Trinajstić information content (AvgIpc) is 2.39. The van der Waals surface area contributed by atoms with Gasteiger partial charge in [0.15, 0.2) is 0 Å². The maximum Gasteiger partial charge on any atom is 0.335 e. The fourth-order valence-corrected chi connectivity index (χ4v) is 4.23. The minimum absolute atomic E-state index is 0.107. The molecule has 3 unspecified atom stereocenters. The van der Waals surface area contributed by atoms with E-state index in [1.54, 1.807) is 0 Å². The van der Waals surface area contributed by atoms with Crippen molar-refractivity contribution in [3.05, 3.63) is 36.5 Å². The van der Waals surface area contributed by atoms with Crippen molar-refractivity contribution in [3.8, 4) is 0 Å². The van der Waals surface area contributed by atoms with Gasteiger partial charge in [0.05, 0.1) is 5.57 Å². The summed E-state index contributed by atoms with van der Waals surface area (Å²) in [5.41, 5.74) is 2.63. The summed E-state index contributed by atoms with van der Waals surface area (Å²) in [6.07, 6.45) is 6.70. The first-order valence-corrected chi connectivity index (χ1v) is 7.51. The van der Waals surface area contributed by atoms with Crippen LogP contribution in [-0.2, 0) is 4.79 Å². The number of carboxylic acids is 1. The summed E-state index contributed by atoms with van der Waals surface area (Å²) in [4.78, 5) is 11.1. The molecule has 110 valence electrons. The van der Waals surface area contributed by atoms with E-state index in [0.717, 1.165) is 25.7 Å². The molecule has 2 rings (SSSR count). The van der Waals surface area contributed by atoms with Gasteiger partial charge in [-0.05, 0) is 60.8 Å². The van der Waals surface area contributed by atoms with E-state index in [4.69, 9.17) is 5.11 Å². The molecule has 2 saturated carbocycles. The van der Waals surface area contributed by atoms with E-state index in [9.17, 15) is 4.79 Å². The number of hydrogen-bond donors (Lipinski definition) is 1. The Hall–Kier alpha value is -1.31. The quantitative estimate of drug-likeness (QED) is 0.458. The van der Waals surface area contributed by atoms with E-state index in [1.165, 1.54) is 18.4 Å². The molecule has 2 aliphatic carbocycles. The Kier molecular flexibility index (Phi) is 3.70. The Morgan fingerprint density at radius 2 is 1.95 bits per heavy atom. The van der Waals surface area contributed by atoms with Crippen LogP contribution in [0.5, 0.6) is 0 Å². The molecule has 2 heteroatoms. The minimum Gasteiger partial charge on any atom is -0.478 e. The molecule has 0 radical (unpaired) electrons. The van der Waals surface area contributed by atoms with Crippen molar-refractivity contribution >= 4 is 5.97 Å². The molecule has 0 aromatic heterocycles. The van der Waals surface area contributed by atoms with Crippen LogP contribution < -0.4 is 0 Å². The first-order chi connectivity index (χ1) is 9.21. The Bertz CT molecular complexity index is 488. The van der Waals surface area contributed by atoms with E-state index in [-0.39, 0.29) is 16.9 Å². The standard InChI is InChI=1S/C18H26O2/c1-12-7-6-9-17(4)10-8-15(11-18(12,17)5)13(2)14(3)16(19)20/h15H,1-3,6-11H2,4-5H3,(H,19,20). The summed E-state index contributed by atoms with van der Waals surface area (Å²) in [6, 6.07) is 0. The van der Waals surface area contributed by atoms with Crippen molar-refractivity contribution in [2.45, 2.75) is 52.4 Å². The molecular formula is C18H26O2. The summed E-state index contributed by atoms with van der Waals surface area (Å²) in [5.74, 6) is -0.720. The molecule has 2 aliphatic rings. The highest BCUT2D eigenvalue weighted by Crippen LogP contribution is 2.62. The Labute approximate surface area is 122 Å². The summed E-state index contributed by atoms with van der Waals surface area (Å²) in [5, 5.41) is 9.10. The lowest BCUT2D eigenvalue weighted by Crippen LogP contribution is -2.47. The van der Waals surface area contributed by atoms with Crippen LogP contribution in [0.2, 0.25) is 0 Å². The lowest BCUT2D eigenvalue weighted by molar-refractivity contribution is -0.132. The first-order valence-electron chi connectivity index (χ1n) is 7.51. The van der Waals surface area contributed by atoms with Crippen LogP contribution in [0.4, 0.5) is 0 Å². The van der Waals surface area contributed by atoms with Gasteiger partial charge < -0.3 is 5.11 Å². The summed E-state index contributed by atoms with van der Waals surface area (Å²) in [6.45, 7) is 16.7. The highest BCUT2D eigenvalue weighted by atomic mass is 16.4. The molecule has 0 saturated heterocycles. The zero-order valence-corrected chi connectivity index (χ0v) is 12.8. The maximum atomic E-state index is 11.1. The molecule has 0 amide bonds. The van der Waals surface area contributed by atoms with Gasteiger partial charge in [0.2, 0.25) is 0 Å². The predicted octanol–water partition coefficient (Wildman–Crippen LogP) is 4.74. The van der Waals surface area contributed by atoms with Gasteiger partial charge in [-0.15, -0.1) is 0 Å². The molecular weight excluding hydrogens is 248 g/mol. The number of carboxylic acid groups (broad SMARTS) is 1. The molecule has 2 fully saturated rings. The molecule has 2 nitrogen and oxygen atoms in total. The van der Waals surface area contributed by atoms with Crippen LogP contribution >= 0.6 is 0 Å². The van der Waals surface area contributed by atoms with Crippen molar-refractivity contribution < 1.29 is 9.90 Å². The molecule has 0 aromatic carbocycles. The predicted molar refractivity (Wildman–Crippen MR) is 82.5 cm³/mol. The fourth-order valence-electron chi connectivity index (χ4n) is 4.23. The smallest absolute Gasteiger partial charge is 0.335 e. The van der Waals surface area contributed by atoms with Gasteiger partial charge >= 0.3 is 5.97 Å². The number of fused-ring (bicyclic) bond motifs is 1. The fraction of sp³-hybridized carbons (Fsp3) is 0.611. The largest absolute Gasteiger partial charge is 0.478 e. The van der Waals surface area contributed by atoms with Gasteiger partial charge in [-0.1, -0.05) is 39.2 Å². The van der Waals surface area contributed by atoms with Crippen LogP contribution in [0, 0.1) is 16.7 Å². The molecule has 3 atom stereocenters. The molecule has 0 aromatic rings. The number of rotatable bonds is 3. The van der Waals surface area contributed by atoms with Crippen LogP contribution in [-0.4, -0.2) is 11.1 Å². The summed E-state index contributed by atoms with van der Waals surface area (Å²) >= 11 is 0. The number of hydrogen-bond acceptors (Lipinski definition) is 1. The average molecular weight is 274 g/mol. The van der Waals surface area contributed by atoms with Gasteiger partial charge in [-0.25, -0.2) is 4.79 Å². The van der Waals surface area contributed by atoms with Crippen molar-refractivity contribution in [1.82, 2.24) is 0 Å². The molecule has 0 spiro atoms. The second-order valence-corrected chi connectivity index (χ2v) is 7.10. The van der Waals surface area contributed by atoms with E-state index >= 15 is 0 Å². The highest BCUT2D eigenvalue weighted by Gasteiger charge is 2.52. The van der Waals surface area contributed by atoms with Crippen molar-refractivity contribution in [2.75, 3.05) is 0 Å². The SMILES string of the molecule is C=C(C(=C)C1CCC2(C)CCCC(=C)C2(C)C1)C(=O)O. The van der Waals surface area contributed by atoms with E-state index < -0.39 is 5.97 Å². The third kappa shape index (κ3) is 2.15.